The number of amides is 2. The Morgan fingerprint density at radius 2 is 1.88 bits per heavy atom. The molecule has 1 aromatic heterocycles. The highest BCUT2D eigenvalue weighted by Crippen LogP contribution is 2.37. The van der Waals surface area contributed by atoms with Gasteiger partial charge in [0.15, 0.2) is 5.13 Å². The Kier molecular flexibility index (Phi) is 5.79. The third-order valence-electron chi connectivity index (χ3n) is 5.79. The van der Waals surface area contributed by atoms with Gasteiger partial charge in [0.05, 0.1) is 28.9 Å². The Morgan fingerprint density at radius 1 is 1.09 bits per heavy atom. The van der Waals surface area contributed by atoms with Gasteiger partial charge in [0, 0.05) is 25.6 Å². The van der Waals surface area contributed by atoms with Crippen LogP contribution in [0.5, 0.6) is 5.75 Å². The number of hydrogen-bond acceptors (Lipinski definition) is 5. The lowest BCUT2D eigenvalue weighted by Gasteiger charge is -2.24. The maximum Gasteiger partial charge on any atom is 0.238 e. The molecule has 2 amide bonds. The van der Waals surface area contributed by atoms with Crippen LogP contribution < -0.4 is 9.64 Å². The van der Waals surface area contributed by atoms with Gasteiger partial charge in [-0.3, -0.25) is 14.5 Å². The monoisotopic (exact) mass is 457 g/mol. The minimum Gasteiger partial charge on any atom is -0.497 e. The lowest BCUT2D eigenvalue weighted by molar-refractivity contribution is -0.128. The predicted molar refractivity (Wildman–Crippen MR) is 130 cm³/mol. The first-order valence-corrected chi connectivity index (χ1v) is 11.6. The van der Waals surface area contributed by atoms with Gasteiger partial charge >= 0.3 is 0 Å². The molecular weight excluding hydrogens is 434 g/mol. The molecule has 1 aliphatic heterocycles. The number of nitrogens with zero attached hydrogens (tertiary/aromatic N) is 3. The minimum absolute atomic E-state index is 0.00732. The number of thiazole rings is 1. The summed E-state index contributed by atoms with van der Waals surface area (Å²) in [4.78, 5) is 34.7. The van der Waals surface area contributed by atoms with E-state index in [1.165, 1.54) is 11.3 Å². The standard InChI is InChI=1S/C26H23N3O3S/c1-32-21-11-7-10-20(15-21)29(26-27-22-12-5-6-13-23(22)33-26)25(31)19-14-24(30)28(17-19)16-18-8-3-2-4-9-18/h2-13,15,19H,14,16-17H2,1H3. The Bertz CT molecular complexity index is 1270. The summed E-state index contributed by atoms with van der Waals surface area (Å²) < 4.78 is 6.39. The molecule has 166 valence electrons. The van der Waals surface area contributed by atoms with Crippen LogP contribution in [0.2, 0.25) is 0 Å². The highest BCUT2D eigenvalue weighted by atomic mass is 32.1. The molecule has 0 saturated carbocycles. The zero-order valence-electron chi connectivity index (χ0n) is 18.2. The number of carbonyl (C=O) groups excluding carboxylic acids is 2. The molecule has 1 atom stereocenters. The molecule has 5 rings (SSSR count). The molecule has 1 fully saturated rings. The van der Waals surface area contributed by atoms with Crippen molar-refractivity contribution in [1.29, 1.82) is 0 Å². The van der Waals surface area contributed by atoms with Gasteiger partial charge in [-0.15, -0.1) is 0 Å². The second-order valence-electron chi connectivity index (χ2n) is 8.00. The molecule has 1 aliphatic rings. The Balaban J connectivity index is 1.47. The maximum absolute atomic E-state index is 13.8. The van der Waals surface area contributed by atoms with Gasteiger partial charge in [0.1, 0.15) is 5.75 Å². The molecule has 7 heteroatoms. The maximum atomic E-state index is 13.8. The number of hydrogen-bond donors (Lipinski definition) is 0. The number of methoxy groups -OCH3 is 1. The number of anilines is 2. The average molecular weight is 458 g/mol. The van der Waals surface area contributed by atoms with E-state index in [1.807, 2.05) is 78.9 Å². The molecule has 33 heavy (non-hydrogen) atoms. The van der Waals surface area contributed by atoms with Crippen molar-refractivity contribution >= 4 is 44.2 Å². The van der Waals surface area contributed by atoms with Gasteiger partial charge < -0.3 is 9.64 Å². The molecule has 0 aliphatic carbocycles. The molecule has 0 radical (unpaired) electrons. The van der Waals surface area contributed by atoms with E-state index in [9.17, 15) is 9.59 Å². The van der Waals surface area contributed by atoms with E-state index in [1.54, 1.807) is 16.9 Å². The summed E-state index contributed by atoms with van der Waals surface area (Å²) in [5.74, 6) is 0.0670. The lowest BCUT2D eigenvalue weighted by atomic mass is 10.1. The second kappa shape index (κ2) is 9.03. The Labute approximate surface area is 196 Å². The summed E-state index contributed by atoms with van der Waals surface area (Å²) in [6.45, 7) is 0.891. The highest BCUT2D eigenvalue weighted by Gasteiger charge is 2.38. The van der Waals surface area contributed by atoms with Gasteiger partial charge in [0.2, 0.25) is 11.8 Å². The summed E-state index contributed by atoms with van der Waals surface area (Å²) in [5, 5.41) is 0.586. The number of aromatic nitrogens is 1. The van der Waals surface area contributed by atoms with Gasteiger partial charge in [-0.1, -0.05) is 59.9 Å². The van der Waals surface area contributed by atoms with Crippen molar-refractivity contribution in [3.63, 3.8) is 0 Å². The van der Waals surface area contributed by atoms with Gasteiger partial charge in [0.25, 0.3) is 0 Å². The van der Waals surface area contributed by atoms with Gasteiger partial charge in [-0.2, -0.15) is 0 Å². The summed E-state index contributed by atoms with van der Waals surface area (Å²) in [6, 6.07) is 25.0. The molecule has 1 saturated heterocycles. The molecule has 0 spiro atoms. The smallest absolute Gasteiger partial charge is 0.238 e. The number of likely N-dealkylation sites (tertiary alicyclic amines) is 1. The van der Waals surface area contributed by atoms with E-state index in [2.05, 4.69) is 0 Å². The van der Waals surface area contributed by atoms with Crippen LogP contribution in [-0.4, -0.2) is 35.4 Å². The summed E-state index contributed by atoms with van der Waals surface area (Å²) in [7, 11) is 1.60. The molecule has 6 nitrogen and oxygen atoms in total. The van der Waals surface area contributed by atoms with Crippen LogP contribution in [0.25, 0.3) is 10.2 Å². The normalized spacial score (nSPS) is 15.7. The second-order valence-corrected chi connectivity index (χ2v) is 9.01. The number of fused-ring (bicyclic) bond motifs is 1. The number of benzene rings is 3. The van der Waals surface area contributed by atoms with Crippen molar-refractivity contribution in [2.45, 2.75) is 13.0 Å². The molecule has 4 aromatic rings. The van der Waals surface area contributed by atoms with E-state index in [0.717, 1.165) is 15.8 Å². The third kappa shape index (κ3) is 4.32. The zero-order chi connectivity index (χ0) is 22.8. The predicted octanol–water partition coefficient (Wildman–Crippen LogP) is 5.02. The van der Waals surface area contributed by atoms with Crippen LogP contribution >= 0.6 is 11.3 Å². The molecule has 0 bridgehead atoms. The van der Waals surface area contributed by atoms with E-state index >= 15 is 0 Å². The van der Waals surface area contributed by atoms with Crippen molar-refractivity contribution in [3.05, 3.63) is 84.4 Å². The fraction of sp³-hybridized carbons (Fsp3) is 0.192. The Hall–Kier alpha value is -3.71. The van der Waals surface area contributed by atoms with E-state index in [4.69, 9.17) is 9.72 Å². The number of carbonyl (C=O) groups is 2. The van der Waals surface area contributed by atoms with Crippen molar-refractivity contribution in [2.24, 2.45) is 5.92 Å². The van der Waals surface area contributed by atoms with Crippen molar-refractivity contribution in [1.82, 2.24) is 9.88 Å². The first kappa shape index (κ1) is 21.2. The van der Waals surface area contributed by atoms with E-state index in [-0.39, 0.29) is 18.2 Å². The zero-order valence-corrected chi connectivity index (χ0v) is 19.0. The van der Waals surface area contributed by atoms with Gasteiger partial charge in [-0.05, 0) is 29.8 Å². The molecule has 2 heterocycles. The Morgan fingerprint density at radius 3 is 2.67 bits per heavy atom. The van der Waals surface area contributed by atoms with Crippen molar-refractivity contribution in [2.75, 3.05) is 18.6 Å². The first-order valence-electron chi connectivity index (χ1n) is 10.8. The van der Waals surface area contributed by atoms with Crippen LogP contribution in [-0.2, 0) is 16.1 Å². The van der Waals surface area contributed by atoms with Gasteiger partial charge in [-0.25, -0.2) is 4.98 Å². The van der Waals surface area contributed by atoms with E-state index < -0.39 is 5.92 Å². The number of ether oxygens (including phenoxy) is 1. The minimum atomic E-state index is -0.445. The molecule has 3 aromatic carbocycles. The van der Waals surface area contributed by atoms with Crippen LogP contribution in [0.15, 0.2) is 78.9 Å². The summed E-state index contributed by atoms with van der Waals surface area (Å²) in [5.41, 5.74) is 2.56. The molecular formula is C26H23N3O3S. The topological polar surface area (TPSA) is 62.7 Å². The average Bonchev–Trinajstić information content (AvgIpc) is 3.43. The summed E-state index contributed by atoms with van der Waals surface area (Å²) in [6.07, 6.45) is 0.191. The molecule has 1 unspecified atom stereocenters. The van der Waals surface area contributed by atoms with E-state index in [0.29, 0.717) is 29.7 Å². The molecule has 0 N–H and O–H groups in total. The number of rotatable bonds is 6. The third-order valence-corrected chi connectivity index (χ3v) is 6.81. The van der Waals surface area contributed by atoms with Crippen molar-refractivity contribution < 1.29 is 14.3 Å². The lowest BCUT2D eigenvalue weighted by Crippen LogP contribution is -2.34. The SMILES string of the molecule is COc1cccc(N(C(=O)C2CC(=O)N(Cc3ccccc3)C2)c2nc3ccccc3s2)c1. The largest absolute Gasteiger partial charge is 0.497 e. The van der Waals surface area contributed by atoms with Crippen LogP contribution in [0.4, 0.5) is 10.8 Å². The first-order chi connectivity index (χ1) is 16.1. The fourth-order valence-corrected chi connectivity index (χ4v) is 5.11. The quantitative estimate of drug-likeness (QED) is 0.408. The van der Waals surface area contributed by atoms with Crippen LogP contribution in [0.3, 0.4) is 0 Å². The highest BCUT2D eigenvalue weighted by molar-refractivity contribution is 7.22. The van der Waals surface area contributed by atoms with Crippen LogP contribution in [0, 0.1) is 5.92 Å². The van der Waals surface area contributed by atoms with Crippen molar-refractivity contribution in [3.8, 4) is 5.75 Å². The fourth-order valence-electron chi connectivity index (χ4n) is 4.11. The summed E-state index contributed by atoms with van der Waals surface area (Å²) >= 11 is 1.46. The number of para-hydroxylation sites is 1. The van der Waals surface area contributed by atoms with Crippen LogP contribution in [0.1, 0.15) is 12.0 Å².